The Bertz CT molecular complexity index is 570. The molecule has 0 aromatic carbocycles. The standard InChI is InChI=1S/C14H20N4OS/c1-4-7-19-14-12(15)13(16-8-17-14)18-10(3)11-6-5-9(2)20-11/h5-6,8,10H,4,7,15H2,1-3H3,(H,16,17,18). The van der Waals surface area contributed by atoms with Gasteiger partial charge in [0.2, 0.25) is 5.88 Å². The predicted molar refractivity (Wildman–Crippen MR) is 83.3 cm³/mol. The summed E-state index contributed by atoms with van der Waals surface area (Å²) in [6, 6.07) is 4.37. The van der Waals surface area contributed by atoms with E-state index in [2.05, 4.69) is 41.3 Å². The van der Waals surface area contributed by atoms with E-state index < -0.39 is 0 Å². The lowest BCUT2D eigenvalue weighted by Gasteiger charge is -2.15. The molecule has 0 saturated carbocycles. The molecule has 2 rings (SSSR count). The molecule has 0 saturated heterocycles. The number of rotatable bonds is 6. The number of aryl methyl sites for hydroxylation is 1. The Labute approximate surface area is 123 Å². The Kier molecular flexibility index (Phi) is 4.79. The van der Waals surface area contributed by atoms with Gasteiger partial charge in [0.1, 0.15) is 12.0 Å². The van der Waals surface area contributed by atoms with Crippen molar-refractivity contribution >= 4 is 22.8 Å². The van der Waals surface area contributed by atoms with E-state index >= 15 is 0 Å². The fourth-order valence-electron chi connectivity index (χ4n) is 1.77. The SMILES string of the molecule is CCCOc1ncnc(NC(C)c2ccc(C)s2)c1N. The van der Waals surface area contributed by atoms with Gasteiger partial charge in [0, 0.05) is 9.75 Å². The molecule has 0 bridgehead atoms. The van der Waals surface area contributed by atoms with E-state index in [0.29, 0.717) is 24.0 Å². The summed E-state index contributed by atoms with van der Waals surface area (Å²) in [7, 11) is 0. The highest BCUT2D eigenvalue weighted by molar-refractivity contribution is 7.12. The van der Waals surface area contributed by atoms with Crippen LogP contribution in [0, 0.1) is 6.92 Å². The van der Waals surface area contributed by atoms with Crippen LogP contribution in [0.15, 0.2) is 18.5 Å². The molecule has 3 N–H and O–H groups in total. The molecule has 0 amide bonds. The van der Waals surface area contributed by atoms with Crippen molar-refractivity contribution < 1.29 is 4.74 Å². The van der Waals surface area contributed by atoms with Crippen molar-refractivity contribution in [3.63, 3.8) is 0 Å². The molecular formula is C14H20N4OS. The average molecular weight is 292 g/mol. The number of nitrogens with zero attached hydrogens (tertiary/aromatic N) is 2. The minimum Gasteiger partial charge on any atom is -0.476 e. The second kappa shape index (κ2) is 6.56. The van der Waals surface area contributed by atoms with Crippen LogP contribution in [0.3, 0.4) is 0 Å². The first kappa shape index (κ1) is 14.6. The van der Waals surface area contributed by atoms with Gasteiger partial charge >= 0.3 is 0 Å². The number of nitrogens with one attached hydrogen (secondary N) is 1. The van der Waals surface area contributed by atoms with Gasteiger partial charge in [0.15, 0.2) is 5.82 Å². The Balaban J connectivity index is 2.12. The first-order valence-corrected chi connectivity index (χ1v) is 7.49. The van der Waals surface area contributed by atoms with Crippen molar-refractivity contribution in [3.8, 4) is 5.88 Å². The van der Waals surface area contributed by atoms with Crippen LogP contribution in [0.25, 0.3) is 0 Å². The van der Waals surface area contributed by atoms with Crippen LogP contribution in [0.5, 0.6) is 5.88 Å². The van der Waals surface area contributed by atoms with Crippen molar-refractivity contribution in [3.05, 3.63) is 28.2 Å². The van der Waals surface area contributed by atoms with Crippen molar-refractivity contribution in [1.29, 1.82) is 0 Å². The van der Waals surface area contributed by atoms with E-state index in [0.717, 1.165) is 6.42 Å². The highest BCUT2D eigenvalue weighted by Gasteiger charge is 2.13. The monoisotopic (exact) mass is 292 g/mol. The summed E-state index contributed by atoms with van der Waals surface area (Å²) >= 11 is 1.76. The van der Waals surface area contributed by atoms with Crippen molar-refractivity contribution in [2.75, 3.05) is 17.7 Å². The second-order valence-electron chi connectivity index (χ2n) is 4.60. The van der Waals surface area contributed by atoms with Gasteiger partial charge in [-0.1, -0.05) is 6.92 Å². The molecule has 0 fully saturated rings. The lowest BCUT2D eigenvalue weighted by molar-refractivity contribution is 0.306. The van der Waals surface area contributed by atoms with Gasteiger partial charge in [0.05, 0.1) is 12.6 Å². The molecule has 6 heteroatoms. The van der Waals surface area contributed by atoms with Gasteiger partial charge in [-0.15, -0.1) is 11.3 Å². The van der Waals surface area contributed by atoms with Crippen LogP contribution < -0.4 is 15.8 Å². The molecule has 108 valence electrons. The molecule has 2 heterocycles. The molecular weight excluding hydrogens is 272 g/mol. The number of hydrogen-bond acceptors (Lipinski definition) is 6. The van der Waals surface area contributed by atoms with Gasteiger partial charge in [-0.3, -0.25) is 0 Å². The first-order valence-electron chi connectivity index (χ1n) is 6.68. The molecule has 0 aliphatic carbocycles. The first-order chi connectivity index (χ1) is 9.61. The molecule has 0 aliphatic heterocycles. The lowest BCUT2D eigenvalue weighted by Crippen LogP contribution is -2.11. The maximum Gasteiger partial charge on any atom is 0.242 e. The van der Waals surface area contributed by atoms with Crippen LogP contribution in [0.2, 0.25) is 0 Å². The Morgan fingerprint density at radius 1 is 1.40 bits per heavy atom. The largest absolute Gasteiger partial charge is 0.476 e. The molecule has 2 aromatic rings. The minimum atomic E-state index is 0.143. The molecule has 1 unspecified atom stereocenters. The summed E-state index contributed by atoms with van der Waals surface area (Å²) in [4.78, 5) is 10.8. The summed E-state index contributed by atoms with van der Waals surface area (Å²) in [6.07, 6.45) is 2.38. The van der Waals surface area contributed by atoms with Gasteiger partial charge in [-0.05, 0) is 32.4 Å². The van der Waals surface area contributed by atoms with Gasteiger partial charge in [0.25, 0.3) is 0 Å². The molecule has 1 atom stereocenters. The molecule has 5 nitrogen and oxygen atoms in total. The quantitative estimate of drug-likeness (QED) is 0.853. The second-order valence-corrected chi connectivity index (χ2v) is 5.92. The number of aromatic nitrogens is 2. The van der Waals surface area contributed by atoms with Gasteiger partial charge in [-0.25, -0.2) is 4.98 Å². The topological polar surface area (TPSA) is 73.1 Å². The normalized spacial score (nSPS) is 12.2. The van der Waals surface area contributed by atoms with Crippen LogP contribution in [0.1, 0.15) is 36.1 Å². The number of ether oxygens (including phenoxy) is 1. The van der Waals surface area contributed by atoms with E-state index in [1.165, 1.54) is 16.1 Å². The van der Waals surface area contributed by atoms with E-state index in [1.807, 2.05) is 6.92 Å². The number of hydrogen-bond donors (Lipinski definition) is 2. The summed E-state index contributed by atoms with van der Waals surface area (Å²) < 4.78 is 5.50. The van der Waals surface area contributed by atoms with E-state index in [9.17, 15) is 0 Å². The van der Waals surface area contributed by atoms with E-state index in [-0.39, 0.29) is 6.04 Å². The number of nitrogen functional groups attached to an aromatic ring is 1. The third-order valence-electron chi connectivity index (χ3n) is 2.83. The summed E-state index contributed by atoms with van der Waals surface area (Å²) in [5, 5.41) is 3.31. The zero-order valence-corrected chi connectivity index (χ0v) is 12.8. The molecule has 20 heavy (non-hydrogen) atoms. The fraction of sp³-hybridized carbons (Fsp3) is 0.429. The molecule has 2 aromatic heterocycles. The van der Waals surface area contributed by atoms with Crippen molar-refractivity contribution in [2.24, 2.45) is 0 Å². The minimum absolute atomic E-state index is 0.143. The Morgan fingerprint density at radius 2 is 2.20 bits per heavy atom. The summed E-state index contributed by atoms with van der Waals surface area (Å²) in [5.41, 5.74) is 6.51. The number of thiophene rings is 1. The fourth-order valence-corrected chi connectivity index (χ4v) is 2.65. The third kappa shape index (κ3) is 3.39. The predicted octanol–water partition coefficient (Wildman–Crippen LogP) is 3.39. The zero-order chi connectivity index (χ0) is 14.5. The smallest absolute Gasteiger partial charge is 0.242 e. The van der Waals surface area contributed by atoms with Crippen LogP contribution >= 0.6 is 11.3 Å². The van der Waals surface area contributed by atoms with Crippen molar-refractivity contribution in [2.45, 2.75) is 33.2 Å². The highest BCUT2D eigenvalue weighted by atomic mass is 32.1. The highest BCUT2D eigenvalue weighted by Crippen LogP contribution is 2.30. The Hall–Kier alpha value is -1.82. The van der Waals surface area contributed by atoms with Crippen LogP contribution in [0.4, 0.5) is 11.5 Å². The third-order valence-corrected chi connectivity index (χ3v) is 4.01. The summed E-state index contributed by atoms with van der Waals surface area (Å²) in [5.74, 6) is 1.06. The maximum atomic E-state index is 6.05. The zero-order valence-electron chi connectivity index (χ0n) is 12.0. The van der Waals surface area contributed by atoms with E-state index in [4.69, 9.17) is 10.5 Å². The van der Waals surface area contributed by atoms with Crippen LogP contribution in [-0.2, 0) is 0 Å². The Morgan fingerprint density at radius 3 is 2.85 bits per heavy atom. The lowest BCUT2D eigenvalue weighted by atomic mass is 10.2. The maximum absolute atomic E-state index is 6.05. The van der Waals surface area contributed by atoms with Gasteiger partial charge in [-0.2, -0.15) is 4.98 Å². The van der Waals surface area contributed by atoms with Crippen LogP contribution in [-0.4, -0.2) is 16.6 Å². The molecule has 0 aliphatic rings. The summed E-state index contributed by atoms with van der Waals surface area (Å²) in [6.45, 7) is 6.81. The average Bonchev–Trinajstić information content (AvgIpc) is 2.86. The van der Waals surface area contributed by atoms with Gasteiger partial charge < -0.3 is 15.8 Å². The molecule has 0 radical (unpaired) electrons. The number of anilines is 2. The van der Waals surface area contributed by atoms with Crippen molar-refractivity contribution in [1.82, 2.24) is 9.97 Å². The van der Waals surface area contributed by atoms with E-state index in [1.54, 1.807) is 11.3 Å². The number of nitrogens with two attached hydrogens (primary N) is 1. The molecule has 0 spiro atoms.